The number of rotatable bonds is 8. The van der Waals surface area contributed by atoms with Gasteiger partial charge in [-0.15, -0.1) is 0 Å². The van der Waals surface area contributed by atoms with Gasteiger partial charge < -0.3 is 15.5 Å². The molecule has 0 radical (unpaired) electrons. The van der Waals surface area contributed by atoms with Gasteiger partial charge in [-0.2, -0.15) is 18.6 Å². The molecule has 0 saturated heterocycles. The molecule has 4 N–H and O–H groups in total. The van der Waals surface area contributed by atoms with Crippen molar-refractivity contribution in [1.29, 1.82) is 0 Å². The maximum absolute atomic E-state index is 12.0. The number of nitrogens with zero attached hydrogens (tertiary/aromatic N) is 2. The molecule has 0 atom stereocenters. The van der Waals surface area contributed by atoms with E-state index < -0.39 is 27.7 Å². The highest BCUT2D eigenvalue weighted by Crippen LogP contribution is 2.25. The number of phenolic OH excluding ortho intramolecular Hbond substituents is 1. The Balaban J connectivity index is 2.08. The first kappa shape index (κ1) is 21.0. The van der Waals surface area contributed by atoms with Crippen LogP contribution in [0.5, 0.6) is 5.75 Å². The van der Waals surface area contributed by atoms with Gasteiger partial charge in [0.15, 0.2) is 0 Å². The van der Waals surface area contributed by atoms with Crippen LogP contribution in [-0.2, 0) is 21.3 Å². The van der Waals surface area contributed by atoms with Crippen molar-refractivity contribution in [2.75, 3.05) is 12.3 Å². The third-order valence-electron chi connectivity index (χ3n) is 3.44. The van der Waals surface area contributed by atoms with E-state index in [1.54, 1.807) is 24.3 Å². The van der Waals surface area contributed by atoms with Gasteiger partial charge in [0.05, 0.1) is 29.1 Å². The third-order valence-corrected chi connectivity index (χ3v) is 4.16. The van der Waals surface area contributed by atoms with Crippen molar-refractivity contribution in [3.8, 4) is 5.75 Å². The molecule has 0 fully saturated rings. The molecule has 0 spiro atoms. The molecule has 148 valence electrons. The summed E-state index contributed by atoms with van der Waals surface area (Å²) in [6.45, 7) is -0.328. The highest BCUT2D eigenvalue weighted by atomic mass is 32.2. The lowest BCUT2D eigenvalue weighted by atomic mass is 10.1. The first-order chi connectivity index (χ1) is 13.1. The Morgan fingerprint density at radius 2 is 1.61 bits per heavy atom. The summed E-state index contributed by atoms with van der Waals surface area (Å²) in [4.78, 5) is 22.7. The minimum Gasteiger partial charge on any atom is -0.507 e. The third kappa shape index (κ3) is 6.78. The summed E-state index contributed by atoms with van der Waals surface area (Å²) in [7, 11) is -4.21. The molecule has 11 heteroatoms. The van der Waals surface area contributed by atoms with E-state index in [2.05, 4.69) is 15.5 Å². The van der Waals surface area contributed by atoms with E-state index in [9.17, 15) is 23.1 Å². The highest BCUT2D eigenvalue weighted by Gasteiger charge is 2.13. The largest absolute Gasteiger partial charge is 0.507 e. The van der Waals surface area contributed by atoms with E-state index in [0.717, 1.165) is 0 Å². The maximum Gasteiger partial charge on any atom is 0.307 e. The number of amides is 1. The fourth-order valence-electron chi connectivity index (χ4n) is 2.13. The summed E-state index contributed by atoms with van der Waals surface area (Å²) in [5.41, 5.74) is 1.19. The molecule has 2 aromatic carbocycles. The number of carboxylic acids is 1. The zero-order valence-electron chi connectivity index (χ0n) is 14.4. The number of benzene rings is 2. The first-order valence-corrected chi connectivity index (χ1v) is 9.54. The molecule has 10 nitrogen and oxygen atoms in total. The molecule has 28 heavy (non-hydrogen) atoms. The van der Waals surface area contributed by atoms with Crippen LogP contribution < -0.4 is 5.32 Å². The van der Waals surface area contributed by atoms with Gasteiger partial charge in [0.1, 0.15) is 5.75 Å². The summed E-state index contributed by atoms with van der Waals surface area (Å²) >= 11 is 0. The molecule has 0 aliphatic carbocycles. The van der Waals surface area contributed by atoms with Crippen LogP contribution in [0.3, 0.4) is 0 Å². The minimum absolute atomic E-state index is 0.106. The summed E-state index contributed by atoms with van der Waals surface area (Å²) in [6, 6.07) is 10.3. The van der Waals surface area contributed by atoms with E-state index in [1.807, 2.05) is 0 Å². The van der Waals surface area contributed by atoms with Crippen molar-refractivity contribution in [2.24, 2.45) is 10.2 Å². The van der Waals surface area contributed by atoms with Crippen LogP contribution in [0.4, 0.5) is 11.4 Å². The van der Waals surface area contributed by atoms with Gasteiger partial charge >= 0.3 is 5.97 Å². The van der Waals surface area contributed by atoms with Gasteiger partial charge in [-0.25, -0.2) is 0 Å². The van der Waals surface area contributed by atoms with Crippen LogP contribution in [-0.4, -0.2) is 47.4 Å². The SMILES string of the molecule is O=C(O)Cc1ccc(N=Nc2ccc(O)c(C(=O)NCCS(=O)(=O)O)c2)cc1. The second-order valence-electron chi connectivity index (χ2n) is 5.68. The average Bonchev–Trinajstić information content (AvgIpc) is 2.60. The van der Waals surface area contributed by atoms with Crippen LogP contribution in [0.1, 0.15) is 15.9 Å². The van der Waals surface area contributed by atoms with Gasteiger partial charge in [-0.3, -0.25) is 14.1 Å². The molecule has 0 heterocycles. The quantitative estimate of drug-likeness (QED) is 0.384. The van der Waals surface area contributed by atoms with E-state index in [-0.39, 0.29) is 30.0 Å². The Morgan fingerprint density at radius 3 is 2.21 bits per heavy atom. The zero-order valence-corrected chi connectivity index (χ0v) is 15.3. The number of aromatic hydroxyl groups is 1. The molecule has 0 unspecified atom stereocenters. The second kappa shape index (κ2) is 9.06. The maximum atomic E-state index is 12.0. The predicted octanol–water partition coefficient (Wildman–Crippen LogP) is 2.05. The van der Waals surface area contributed by atoms with E-state index in [4.69, 9.17) is 9.66 Å². The second-order valence-corrected chi connectivity index (χ2v) is 7.25. The fraction of sp³-hybridized carbons (Fsp3) is 0.176. The molecule has 1 amide bonds. The molecule has 0 saturated carbocycles. The standard InChI is InChI=1S/C17H17N3O7S/c21-15-6-5-13(10-14(15)17(24)18-7-8-28(25,26)27)20-19-12-3-1-11(2-4-12)9-16(22)23/h1-6,10,21H,7-9H2,(H,18,24)(H,22,23)(H,25,26,27). The smallest absolute Gasteiger partial charge is 0.307 e. The monoisotopic (exact) mass is 407 g/mol. The Hall–Kier alpha value is -3.31. The van der Waals surface area contributed by atoms with Crippen molar-refractivity contribution in [3.05, 3.63) is 53.6 Å². The summed E-state index contributed by atoms with van der Waals surface area (Å²) in [5.74, 6) is -2.67. The van der Waals surface area contributed by atoms with E-state index in [0.29, 0.717) is 11.3 Å². The summed E-state index contributed by atoms with van der Waals surface area (Å²) in [5, 5.41) is 28.7. The molecule has 0 aliphatic heterocycles. The van der Waals surface area contributed by atoms with Crippen LogP contribution >= 0.6 is 0 Å². The summed E-state index contributed by atoms with van der Waals surface area (Å²) < 4.78 is 30.0. The lowest BCUT2D eigenvalue weighted by Crippen LogP contribution is -2.28. The zero-order chi connectivity index (χ0) is 20.7. The molecule has 0 aliphatic rings. The Morgan fingerprint density at radius 1 is 1.00 bits per heavy atom. The van der Waals surface area contributed by atoms with Gasteiger partial charge in [0.2, 0.25) is 0 Å². The van der Waals surface area contributed by atoms with Gasteiger partial charge in [0.25, 0.3) is 16.0 Å². The van der Waals surface area contributed by atoms with E-state index >= 15 is 0 Å². The number of azo groups is 1. The lowest BCUT2D eigenvalue weighted by Gasteiger charge is -2.06. The number of phenols is 1. The molecule has 2 aromatic rings. The number of aliphatic carboxylic acids is 1. The Labute approximate surface area is 160 Å². The number of carbonyl (C=O) groups excluding carboxylic acids is 1. The van der Waals surface area contributed by atoms with E-state index in [1.165, 1.54) is 18.2 Å². The average molecular weight is 407 g/mol. The van der Waals surface area contributed by atoms with Gasteiger partial charge in [-0.1, -0.05) is 12.1 Å². The van der Waals surface area contributed by atoms with Crippen molar-refractivity contribution >= 4 is 33.4 Å². The van der Waals surface area contributed by atoms with Crippen LogP contribution in [0.25, 0.3) is 0 Å². The first-order valence-electron chi connectivity index (χ1n) is 7.93. The predicted molar refractivity (Wildman–Crippen MR) is 98.8 cm³/mol. The number of carboxylic acid groups (broad SMARTS) is 1. The van der Waals surface area contributed by atoms with Gasteiger partial charge in [-0.05, 0) is 35.9 Å². The van der Waals surface area contributed by atoms with Crippen molar-refractivity contribution in [3.63, 3.8) is 0 Å². The summed E-state index contributed by atoms with van der Waals surface area (Å²) in [6.07, 6.45) is -0.106. The normalized spacial score (nSPS) is 11.5. The molecular formula is C17H17N3O7S. The number of carbonyl (C=O) groups is 2. The minimum atomic E-state index is -4.21. The molecule has 2 rings (SSSR count). The van der Waals surface area contributed by atoms with Gasteiger partial charge in [0, 0.05) is 6.54 Å². The van der Waals surface area contributed by atoms with Crippen molar-refractivity contribution in [1.82, 2.24) is 5.32 Å². The number of hydrogen-bond donors (Lipinski definition) is 4. The Bertz CT molecular complexity index is 1000. The topological polar surface area (TPSA) is 166 Å². The van der Waals surface area contributed by atoms with Crippen LogP contribution in [0.2, 0.25) is 0 Å². The molecular weight excluding hydrogens is 390 g/mol. The van der Waals surface area contributed by atoms with Crippen molar-refractivity contribution in [2.45, 2.75) is 6.42 Å². The number of hydrogen-bond acceptors (Lipinski definition) is 7. The fourth-order valence-corrected chi connectivity index (χ4v) is 2.49. The number of nitrogens with one attached hydrogen (secondary N) is 1. The molecule has 0 bridgehead atoms. The Kier molecular flexibility index (Phi) is 6.79. The lowest BCUT2D eigenvalue weighted by molar-refractivity contribution is -0.136. The van der Waals surface area contributed by atoms with Crippen LogP contribution in [0.15, 0.2) is 52.7 Å². The highest BCUT2D eigenvalue weighted by molar-refractivity contribution is 7.85. The van der Waals surface area contributed by atoms with Crippen molar-refractivity contribution < 1.29 is 32.8 Å². The van der Waals surface area contributed by atoms with Crippen LogP contribution in [0, 0.1) is 0 Å². The molecule has 0 aromatic heterocycles.